The number of hydrogen-bond acceptors (Lipinski definition) is 4. The molecule has 0 spiro atoms. The van der Waals surface area contributed by atoms with E-state index < -0.39 is 0 Å². The lowest BCUT2D eigenvalue weighted by Gasteiger charge is -2.49. The van der Waals surface area contributed by atoms with E-state index in [9.17, 15) is 5.11 Å². The maximum atomic E-state index is 9.46. The molecule has 0 radical (unpaired) electrons. The summed E-state index contributed by atoms with van der Waals surface area (Å²) in [4.78, 5) is 2.37. The molecule has 17 heavy (non-hydrogen) atoms. The second-order valence-electron chi connectivity index (χ2n) is 6.74. The average Bonchev–Trinajstić information content (AvgIpc) is 2.12. The fraction of sp³-hybridized carbons (Fsp3) is 1.00. The monoisotopic (exact) mass is 244 g/mol. The third-order valence-corrected chi connectivity index (χ3v) is 3.29. The highest BCUT2D eigenvalue weighted by Crippen LogP contribution is 2.28. The van der Waals surface area contributed by atoms with Crippen LogP contribution < -0.4 is 5.32 Å². The molecule has 1 aliphatic rings. The molecule has 1 atom stereocenters. The molecule has 1 aliphatic heterocycles. The van der Waals surface area contributed by atoms with Crippen LogP contribution in [0.2, 0.25) is 0 Å². The standard InChI is InChI=1S/C13H28N2O2/c1-11(2)7-15(8-12(3,4)17-11)9-13(5,10-16)14-6/h14,16H,7-10H2,1-6H3. The number of aliphatic hydroxyl groups excluding tert-OH is 1. The number of rotatable bonds is 4. The Morgan fingerprint density at radius 3 is 2.06 bits per heavy atom. The van der Waals surface area contributed by atoms with Gasteiger partial charge in [0.2, 0.25) is 0 Å². The SMILES string of the molecule is CNC(C)(CO)CN1CC(C)(C)OC(C)(C)C1. The van der Waals surface area contributed by atoms with E-state index in [0.717, 1.165) is 19.6 Å². The molecule has 0 saturated carbocycles. The fourth-order valence-corrected chi connectivity index (χ4v) is 2.76. The molecule has 4 heteroatoms. The normalized spacial score (nSPS) is 27.7. The van der Waals surface area contributed by atoms with E-state index in [1.54, 1.807) is 0 Å². The molecular weight excluding hydrogens is 216 g/mol. The number of likely N-dealkylation sites (N-methyl/N-ethyl adjacent to an activating group) is 1. The molecular formula is C13H28N2O2. The van der Waals surface area contributed by atoms with Crippen LogP contribution >= 0.6 is 0 Å². The molecule has 0 aromatic carbocycles. The maximum absolute atomic E-state index is 9.46. The van der Waals surface area contributed by atoms with Crippen molar-refractivity contribution in [3.05, 3.63) is 0 Å². The van der Waals surface area contributed by atoms with Crippen molar-refractivity contribution in [2.45, 2.75) is 51.4 Å². The summed E-state index contributed by atoms with van der Waals surface area (Å²) in [5, 5.41) is 12.7. The highest BCUT2D eigenvalue weighted by Gasteiger charge is 2.39. The van der Waals surface area contributed by atoms with Gasteiger partial charge in [0, 0.05) is 19.6 Å². The lowest BCUT2D eigenvalue weighted by atomic mass is 9.95. The summed E-state index contributed by atoms with van der Waals surface area (Å²) in [5.41, 5.74) is -0.513. The molecule has 0 bridgehead atoms. The van der Waals surface area contributed by atoms with E-state index >= 15 is 0 Å². The van der Waals surface area contributed by atoms with Crippen molar-refractivity contribution in [2.75, 3.05) is 33.3 Å². The summed E-state index contributed by atoms with van der Waals surface area (Å²) in [5.74, 6) is 0. The second-order valence-corrected chi connectivity index (χ2v) is 6.74. The van der Waals surface area contributed by atoms with Gasteiger partial charge < -0.3 is 15.2 Å². The van der Waals surface area contributed by atoms with E-state index in [2.05, 4.69) is 37.9 Å². The van der Waals surface area contributed by atoms with Gasteiger partial charge in [0.25, 0.3) is 0 Å². The summed E-state index contributed by atoms with van der Waals surface area (Å²) < 4.78 is 6.05. The van der Waals surface area contributed by atoms with Crippen LogP contribution in [0.25, 0.3) is 0 Å². The molecule has 0 aromatic rings. The van der Waals surface area contributed by atoms with Crippen LogP contribution in [-0.2, 0) is 4.74 Å². The topological polar surface area (TPSA) is 44.7 Å². The molecule has 2 N–H and O–H groups in total. The molecule has 1 rings (SSSR count). The molecule has 1 heterocycles. The summed E-state index contributed by atoms with van der Waals surface area (Å²) in [6.07, 6.45) is 0. The van der Waals surface area contributed by atoms with Gasteiger partial charge in [0.15, 0.2) is 0 Å². The van der Waals surface area contributed by atoms with Crippen LogP contribution in [0.1, 0.15) is 34.6 Å². The zero-order valence-electron chi connectivity index (χ0n) is 12.1. The van der Waals surface area contributed by atoms with Crippen molar-refractivity contribution < 1.29 is 9.84 Å². The first kappa shape index (κ1) is 14.9. The largest absolute Gasteiger partial charge is 0.394 e. The van der Waals surface area contributed by atoms with Gasteiger partial charge in [-0.3, -0.25) is 4.90 Å². The molecule has 1 saturated heterocycles. The summed E-state index contributed by atoms with van der Waals surface area (Å²) in [7, 11) is 1.90. The van der Waals surface area contributed by atoms with Crippen LogP contribution in [0.4, 0.5) is 0 Å². The van der Waals surface area contributed by atoms with Crippen molar-refractivity contribution in [2.24, 2.45) is 0 Å². The lowest BCUT2D eigenvalue weighted by Crippen LogP contribution is -2.62. The number of nitrogens with zero attached hydrogens (tertiary/aromatic N) is 1. The minimum absolute atomic E-state index is 0.133. The Labute approximate surface area is 105 Å². The van der Waals surface area contributed by atoms with Crippen molar-refractivity contribution in [3.8, 4) is 0 Å². The molecule has 1 fully saturated rings. The quantitative estimate of drug-likeness (QED) is 0.769. The second kappa shape index (κ2) is 4.84. The molecule has 0 aromatic heterocycles. The fourth-order valence-electron chi connectivity index (χ4n) is 2.76. The van der Waals surface area contributed by atoms with Gasteiger partial charge in [-0.05, 0) is 41.7 Å². The number of aliphatic hydroxyl groups is 1. The molecule has 0 aliphatic carbocycles. The summed E-state index contributed by atoms with van der Waals surface area (Å²) >= 11 is 0. The Hall–Kier alpha value is -0.160. The average molecular weight is 244 g/mol. The van der Waals surface area contributed by atoms with Crippen LogP contribution in [0.15, 0.2) is 0 Å². The van der Waals surface area contributed by atoms with E-state index in [-0.39, 0.29) is 23.3 Å². The zero-order chi connectivity index (χ0) is 13.3. The third kappa shape index (κ3) is 4.21. The van der Waals surface area contributed by atoms with E-state index in [4.69, 9.17) is 4.74 Å². The Kier molecular flexibility index (Phi) is 4.24. The lowest BCUT2D eigenvalue weighted by molar-refractivity contribution is -0.183. The highest BCUT2D eigenvalue weighted by molar-refractivity contribution is 4.93. The van der Waals surface area contributed by atoms with Gasteiger partial charge in [0.05, 0.1) is 23.3 Å². The highest BCUT2D eigenvalue weighted by atomic mass is 16.5. The van der Waals surface area contributed by atoms with E-state index in [0.29, 0.717) is 0 Å². The minimum atomic E-state index is -0.247. The Morgan fingerprint density at radius 1 is 1.24 bits per heavy atom. The van der Waals surface area contributed by atoms with Crippen LogP contribution in [0, 0.1) is 0 Å². The smallest absolute Gasteiger partial charge is 0.0760 e. The van der Waals surface area contributed by atoms with Gasteiger partial charge in [-0.1, -0.05) is 0 Å². The molecule has 0 amide bonds. The first-order valence-corrected chi connectivity index (χ1v) is 6.34. The van der Waals surface area contributed by atoms with Gasteiger partial charge >= 0.3 is 0 Å². The maximum Gasteiger partial charge on any atom is 0.0760 e. The molecule has 102 valence electrons. The predicted molar refractivity (Wildman–Crippen MR) is 70.2 cm³/mol. The van der Waals surface area contributed by atoms with Crippen LogP contribution in [0.5, 0.6) is 0 Å². The van der Waals surface area contributed by atoms with E-state index in [1.807, 2.05) is 14.0 Å². The Morgan fingerprint density at radius 2 is 1.71 bits per heavy atom. The van der Waals surface area contributed by atoms with Gasteiger partial charge in [0.1, 0.15) is 0 Å². The molecule has 4 nitrogen and oxygen atoms in total. The van der Waals surface area contributed by atoms with Gasteiger partial charge in [-0.2, -0.15) is 0 Å². The Bertz CT molecular complexity index is 244. The number of hydrogen-bond donors (Lipinski definition) is 2. The first-order valence-electron chi connectivity index (χ1n) is 6.34. The van der Waals surface area contributed by atoms with Gasteiger partial charge in [-0.25, -0.2) is 0 Å². The van der Waals surface area contributed by atoms with Crippen LogP contribution in [0.3, 0.4) is 0 Å². The van der Waals surface area contributed by atoms with Crippen molar-refractivity contribution >= 4 is 0 Å². The summed E-state index contributed by atoms with van der Waals surface area (Å²) in [6, 6.07) is 0. The van der Waals surface area contributed by atoms with E-state index in [1.165, 1.54) is 0 Å². The van der Waals surface area contributed by atoms with Crippen molar-refractivity contribution in [3.63, 3.8) is 0 Å². The number of ether oxygens (including phenoxy) is 1. The minimum Gasteiger partial charge on any atom is -0.394 e. The third-order valence-electron chi connectivity index (χ3n) is 3.29. The molecule has 1 unspecified atom stereocenters. The number of morpholine rings is 1. The predicted octanol–water partition coefficient (Wildman–Crippen LogP) is 0.846. The summed E-state index contributed by atoms with van der Waals surface area (Å²) in [6.45, 7) is 13.3. The Balaban J connectivity index is 2.71. The number of nitrogens with one attached hydrogen (secondary N) is 1. The van der Waals surface area contributed by atoms with Crippen LogP contribution in [-0.4, -0.2) is 60.0 Å². The zero-order valence-corrected chi connectivity index (χ0v) is 12.1. The van der Waals surface area contributed by atoms with Crippen molar-refractivity contribution in [1.82, 2.24) is 10.2 Å². The van der Waals surface area contributed by atoms with Gasteiger partial charge in [-0.15, -0.1) is 0 Å². The first-order chi connectivity index (χ1) is 7.61. The van der Waals surface area contributed by atoms with Crippen molar-refractivity contribution in [1.29, 1.82) is 0 Å².